The Bertz CT molecular complexity index is 614. The number of carbonyl (C=O) groups is 1. The van der Waals surface area contributed by atoms with Crippen LogP contribution >= 0.6 is 11.6 Å². The molecular weight excluding hydrogens is 274 g/mol. The van der Waals surface area contributed by atoms with Gasteiger partial charge >= 0.3 is 0 Å². The van der Waals surface area contributed by atoms with Gasteiger partial charge in [0.1, 0.15) is 17.7 Å². The zero-order valence-electron chi connectivity index (χ0n) is 9.61. The minimum Gasteiger partial charge on any atom is -0.380 e. The van der Waals surface area contributed by atoms with E-state index in [4.69, 9.17) is 11.6 Å². The van der Waals surface area contributed by atoms with E-state index in [9.17, 15) is 18.7 Å². The summed E-state index contributed by atoms with van der Waals surface area (Å²) in [7, 11) is 0. The maximum absolute atomic E-state index is 13.3. The molecule has 0 aliphatic carbocycles. The monoisotopic (exact) mass is 282 g/mol. The summed E-state index contributed by atoms with van der Waals surface area (Å²) >= 11 is 5.62. The third-order valence-corrected chi connectivity index (χ3v) is 3.01. The zero-order valence-corrected chi connectivity index (χ0v) is 10.4. The molecule has 2 aromatic rings. The topological polar surface area (TPSA) is 37.3 Å². The van der Waals surface area contributed by atoms with Gasteiger partial charge in [0.2, 0.25) is 0 Å². The van der Waals surface area contributed by atoms with Crippen LogP contribution in [-0.2, 0) is 0 Å². The number of rotatable bonds is 3. The van der Waals surface area contributed by atoms with Crippen molar-refractivity contribution >= 4 is 17.4 Å². The van der Waals surface area contributed by atoms with Crippen molar-refractivity contribution in [3.63, 3.8) is 0 Å². The Balaban J connectivity index is 2.40. The number of Topliss-reactive ketones (excluding diaryl/α,β-unsaturated/α-hetero) is 1. The molecule has 2 aromatic carbocycles. The molecule has 1 unspecified atom stereocenters. The molecule has 1 N–H and O–H groups in total. The molecular formula is C14H9ClF2O2. The number of ketones is 1. The number of carbonyl (C=O) groups excluding carboxylic acids is 1. The molecule has 0 aliphatic rings. The summed E-state index contributed by atoms with van der Waals surface area (Å²) in [4.78, 5) is 12.0. The molecule has 19 heavy (non-hydrogen) atoms. The lowest BCUT2D eigenvalue weighted by molar-refractivity contribution is 0.0746. The number of aliphatic hydroxyl groups excluding tert-OH is 1. The van der Waals surface area contributed by atoms with Crippen molar-refractivity contribution in [2.45, 2.75) is 6.10 Å². The van der Waals surface area contributed by atoms with Crippen LogP contribution in [0.1, 0.15) is 22.0 Å². The first-order valence-electron chi connectivity index (χ1n) is 5.42. The third-order valence-electron chi connectivity index (χ3n) is 2.62. The van der Waals surface area contributed by atoms with Crippen molar-refractivity contribution in [3.05, 3.63) is 70.2 Å². The smallest absolute Gasteiger partial charge is 0.197 e. The lowest BCUT2D eigenvalue weighted by Crippen LogP contribution is -2.13. The Labute approximate surface area is 113 Å². The molecule has 0 aromatic heterocycles. The SMILES string of the molecule is O=C(c1cc(F)cc(F)c1Cl)C(O)c1ccccc1. The number of hydrogen-bond donors (Lipinski definition) is 1. The van der Waals surface area contributed by atoms with E-state index in [0.717, 1.165) is 6.07 Å². The molecule has 2 rings (SSSR count). The number of aliphatic hydroxyl groups is 1. The average Bonchev–Trinajstić information content (AvgIpc) is 2.42. The standard InChI is InChI=1S/C14H9ClF2O2/c15-12-10(6-9(16)7-11(12)17)14(19)13(18)8-4-2-1-3-5-8/h1-7,13,18H. The first-order valence-corrected chi connectivity index (χ1v) is 5.80. The Morgan fingerprint density at radius 3 is 2.42 bits per heavy atom. The van der Waals surface area contributed by atoms with Gasteiger partial charge in [-0.3, -0.25) is 4.79 Å². The number of benzene rings is 2. The van der Waals surface area contributed by atoms with Crippen LogP contribution in [0.4, 0.5) is 8.78 Å². The van der Waals surface area contributed by atoms with E-state index in [-0.39, 0.29) is 5.56 Å². The zero-order chi connectivity index (χ0) is 14.0. The third kappa shape index (κ3) is 2.80. The van der Waals surface area contributed by atoms with Crippen LogP contribution in [0.15, 0.2) is 42.5 Å². The molecule has 0 bridgehead atoms. The van der Waals surface area contributed by atoms with Gasteiger partial charge in [0.15, 0.2) is 5.78 Å². The second kappa shape index (κ2) is 5.47. The van der Waals surface area contributed by atoms with Crippen LogP contribution < -0.4 is 0 Å². The van der Waals surface area contributed by atoms with Gasteiger partial charge in [-0.15, -0.1) is 0 Å². The normalized spacial score (nSPS) is 12.2. The Morgan fingerprint density at radius 2 is 1.79 bits per heavy atom. The van der Waals surface area contributed by atoms with E-state index < -0.39 is 28.5 Å². The quantitative estimate of drug-likeness (QED) is 0.691. The van der Waals surface area contributed by atoms with E-state index in [1.807, 2.05) is 0 Å². The van der Waals surface area contributed by atoms with Gasteiger partial charge in [0.05, 0.1) is 5.02 Å². The summed E-state index contributed by atoms with van der Waals surface area (Å²) in [5, 5.41) is 9.40. The van der Waals surface area contributed by atoms with Gasteiger partial charge < -0.3 is 5.11 Å². The van der Waals surface area contributed by atoms with Gasteiger partial charge in [-0.25, -0.2) is 8.78 Å². The molecule has 1 atom stereocenters. The Hall–Kier alpha value is -1.78. The van der Waals surface area contributed by atoms with Crippen LogP contribution in [-0.4, -0.2) is 10.9 Å². The van der Waals surface area contributed by atoms with E-state index in [2.05, 4.69) is 0 Å². The number of halogens is 3. The fourth-order valence-electron chi connectivity index (χ4n) is 1.67. The van der Waals surface area contributed by atoms with Crippen LogP contribution in [0.2, 0.25) is 5.02 Å². The molecule has 0 saturated carbocycles. The average molecular weight is 283 g/mol. The summed E-state index contributed by atoms with van der Waals surface area (Å²) in [6.07, 6.45) is -1.51. The first kappa shape index (κ1) is 13.6. The molecule has 0 amide bonds. The minimum absolute atomic E-state index is 0.327. The molecule has 0 spiro atoms. The molecule has 5 heteroatoms. The fraction of sp³-hybridized carbons (Fsp3) is 0.0714. The molecule has 0 heterocycles. The summed E-state index contributed by atoms with van der Waals surface area (Å²) in [6, 6.07) is 9.45. The van der Waals surface area contributed by atoms with Crippen LogP contribution in [0.5, 0.6) is 0 Å². The summed E-state index contributed by atoms with van der Waals surface area (Å²) < 4.78 is 26.4. The maximum Gasteiger partial charge on any atom is 0.197 e. The minimum atomic E-state index is -1.51. The summed E-state index contributed by atoms with van der Waals surface area (Å²) in [5.41, 5.74) is -0.0521. The maximum atomic E-state index is 13.3. The lowest BCUT2D eigenvalue weighted by atomic mass is 10.00. The van der Waals surface area contributed by atoms with E-state index >= 15 is 0 Å². The lowest BCUT2D eigenvalue weighted by Gasteiger charge is -2.11. The largest absolute Gasteiger partial charge is 0.380 e. The van der Waals surface area contributed by atoms with Crippen molar-refractivity contribution in [1.29, 1.82) is 0 Å². The Kier molecular flexibility index (Phi) is 3.93. The molecule has 98 valence electrons. The van der Waals surface area contributed by atoms with E-state index in [1.54, 1.807) is 18.2 Å². The second-order valence-corrected chi connectivity index (χ2v) is 4.30. The van der Waals surface area contributed by atoms with Gasteiger partial charge in [-0.1, -0.05) is 41.9 Å². The summed E-state index contributed by atoms with van der Waals surface area (Å²) in [6.45, 7) is 0. The molecule has 0 aliphatic heterocycles. The van der Waals surface area contributed by atoms with Gasteiger partial charge in [-0.2, -0.15) is 0 Å². The fourth-order valence-corrected chi connectivity index (χ4v) is 1.87. The highest BCUT2D eigenvalue weighted by atomic mass is 35.5. The van der Waals surface area contributed by atoms with Crippen molar-refractivity contribution < 1.29 is 18.7 Å². The van der Waals surface area contributed by atoms with Gasteiger partial charge in [-0.05, 0) is 11.6 Å². The Morgan fingerprint density at radius 1 is 1.16 bits per heavy atom. The number of hydrogen-bond acceptors (Lipinski definition) is 2. The van der Waals surface area contributed by atoms with Crippen LogP contribution in [0.3, 0.4) is 0 Å². The highest BCUT2D eigenvalue weighted by Gasteiger charge is 2.23. The molecule has 0 saturated heterocycles. The predicted molar refractivity (Wildman–Crippen MR) is 67.1 cm³/mol. The molecule has 0 fully saturated rings. The highest BCUT2D eigenvalue weighted by molar-refractivity contribution is 6.34. The van der Waals surface area contributed by atoms with Crippen LogP contribution in [0.25, 0.3) is 0 Å². The highest BCUT2D eigenvalue weighted by Crippen LogP contribution is 2.26. The van der Waals surface area contributed by atoms with E-state index in [1.165, 1.54) is 12.1 Å². The predicted octanol–water partition coefficient (Wildman–Crippen LogP) is 3.53. The van der Waals surface area contributed by atoms with Crippen molar-refractivity contribution in [3.8, 4) is 0 Å². The summed E-state index contributed by atoms with van der Waals surface area (Å²) in [5.74, 6) is -2.81. The second-order valence-electron chi connectivity index (χ2n) is 3.93. The molecule has 0 radical (unpaired) electrons. The van der Waals surface area contributed by atoms with Gasteiger partial charge in [0.25, 0.3) is 0 Å². The molecule has 2 nitrogen and oxygen atoms in total. The van der Waals surface area contributed by atoms with Gasteiger partial charge in [0, 0.05) is 11.6 Å². The van der Waals surface area contributed by atoms with Crippen molar-refractivity contribution in [2.75, 3.05) is 0 Å². The van der Waals surface area contributed by atoms with Crippen molar-refractivity contribution in [2.24, 2.45) is 0 Å². The van der Waals surface area contributed by atoms with Crippen molar-refractivity contribution in [1.82, 2.24) is 0 Å². The first-order chi connectivity index (χ1) is 9.00. The van der Waals surface area contributed by atoms with E-state index in [0.29, 0.717) is 11.6 Å². The van der Waals surface area contributed by atoms with Crippen LogP contribution in [0, 0.1) is 11.6 Å².